The van der Waals surface area contributed by atoms with Gasteiger partial charge in [0.2, 0.25) is 6.10 Å². The van der Waals surface area contributed by atoms with Crippen molar-refractivity contribution >= 4 is 182 Å². The summed E-state index contributed by atoms with van der Waals surface area (Å²) in [6, 6.07) is 0. The third-order valence-electron chi connectivity index (χ3n) is 6.75. The van der Waals surface area contributed by atoms with Gasteiger partial charge in [0.15, 0.2) is 0 Å². The van der Waals surface area contributed by atoms with Crippen molar-refractivity contribution in [2.75, 3.05) is 63.2 Å². The minimum absolute atomic E-state index is 0.0688. The molecule has 54 heavy (non-hydrogen) atoms. The second kappa shape index (κ2) is 23.7. The molecule has 13 N–H and O–H groups in total. The quantitative estimate of drug-likeness (QED) is 0.0622. The molecule has 0 radical (unpaired) electrons. The highest BCUT2D eigenvalue weighted by Gasteiger charge is 2.34. The van der Waals surface area contributed by atoms with Crippen LogP contribution in [0.4, 0.5) is 11.4 Å². The van der Waals surface area contributed by atoms with Crippen LogP contribution in [0.15, 0.2) is 0 Å². The summed E-state index contributed by atoms with van der Waals surface area (Å²) in [5, 5.41) is 81.7. The molecular weight excluding hydrogens is 1400 g/mol. The van der Waals surface area contributed by atoms with Crippen LogP contribution in [0.5, 0.6) is 0 Å². The molecule has 2 rings (SSSR count). The molecule has 0 aliphatic heterocycles. The largest absolute Gasteiger partial charge is 0.395 e. The number of hydrogen-bond acceptors (Lipinski definition) is 13. The van der Waals surface area contributed by atoms with Gasteiger partial charge >= 0.3 is 0 Å². The number of aliphatic hydroxyl groups excluding tert-OH is 7. The first-order valence-electron chi connectivity index (χ1n) is 15.0. The Morgan fingerprint density at radius 1 is 0.463 bits per heavy atom. The monoisotopic (exact) mass is 1430 g/mol. The van der Waals surface area contributed by atoms with Gasteiger partial charge < -0.3 is 67.6 Å². The number of benzene rings is 2. The van der Waals surface area contributed by atoms with E-state index in [0.29, 0.717) is 0 Å². The van der Waals surface area contributed by atoms with Gasteiger partial charge in [-0.15, -0.1) is 0 Å². The lowest BCUT2D eigenvalue weighted by molar-refractivity contribution is -0.134. The fourth-order valence-corrected chi connectivity index (χ4v) is 12.9. The minimum atomic E-state index is -2.46. The number of hydrogen-bond donors (Lipinski definition) is 13. The summed E-state index contributed by atoms with van der Waals surface area (Å²) in [6.45, 7) is -3.17. The van der Waals surface area contributed by atoms with E-state index in [2.05, 4.69) is 31.9 Å². The molecule has 2 atom stereocenters. The maximum atomic E-state index is 13.5. The van der Waals surface area contributed by atoms with Crippen molar-refractivity contribution < 1.29 is 64.5 Å². The average molecular weight is 1430 g/mol. The van der Waals surface area contributed by atoms with Gasteiger partial charge in [0.25, 0.3) is 35.4 Å². The van der Waals surface area contributed by atoms with Gasteiger partial charge in [-0.1, -0.05) is 0 Å². The predicted molar refractivity (Wildman–Crippen MR) is 242 cm³/mol. The molecule has 0 saturated carbocycles. The summed E-state index contributed by atoms with van der Waals surface area (Å²) >= 11 is 10.4. The molecule has 0 aromatic heterocycles. The van der Waals surface area contributed by atoms with Gasteiger partial charge in [-0.3, -0.25) is 28.8 Å². The smallest absolute Gasteiger partial charge is 0.263 e. The third kappa shape index (κ3) is 12.7. The molecule has 2 unspecified atom stereocenters. The number of nitrogens with one attached hydrogen (secondary N) is 6. The van der Waals surface area contributed by atoms with Crippen LogP contribution in [0.3, 0.4) is 0 Å². The third-order valence-corrected chi connectivity index (χ3v) is 13.2. The van der Waals surface area contributed by atoms with Crippen LogP contribution in [0.2, 0.25) is 0 Å². The van der Waals surface area contributed by atoms with Crippen molar-refractivity contribution in [3.63, 3.8) is 0 Å². The minimum Gasteiger partial charge on any atom is -0.395 e. The molecule has 6 amide bonds. The molecule has 2 aromatic carbocycles. The molecule has 0 fully saturated rings. The molecule has 0 aliphatic carbocycles. The molecule has 25 heteroatoms. The molecule has 0 heterocycles. The lowest BCUT2D eigenvalue weighted by Crippen LogP contribution is -2.40. The Bertz CT molecular complexity index is 1660. The summed E-state index contributed by atoms with van der Waals surface area (Å²) in [4.78, 5) is 79.8. The van der Waals surface area contributed by atoms with E-state index in [9.17, 15) is 54.3 Å². The molecule has 0 saturated heterocycles. The summed E-state index contributed by atoms with van der Waals surface area (Å²) in [6.07, 6.45) is -5.07. The fourth-order valence-electron chi connectivity index (χ4n) is 4.09. The highest BCUT2D eigenvalue weighted by atomic mass is 127. The molecule has 0 spiro atoms. The van der Waals surface area contributed by atoms with E-state index in [1.54, 1.807) is 136 Å². The Morgan fingerprint density at radius 3 is 1.00 bits per heavy atom. The Labute approximate surface area is 388 Å². The maximum absolute atomic E-state index is 13.5. The second-order valence-electron chi connectivity index (χ2n) is 10.6. The van der Waals surface area contributed by atoms with Gasteiger partial charge in [-0.05, 0) is 136 Å². The molecule has 0 bridgehead atoms. The van der Waals surface area contributed by atoms with E-state index < -0.39 is 80.2 Å². The first kappa shape index (κ1) is 49.5. The molecular formula is C29H32I6N6O13. The fraction of sp³-hybridized carbons (Fsp3) is 0.379. The normalized spacial score (nSPS) is 12.6. The van der Waals surface area contributed by atoms with Crippen LogP contribution in [-0.4, -0.2) is 142 Å². The summed E-state index contributed by atoms with van der Waals surface area (Å²) < 4.78 is 0.561. The maximum Gasteiger partial charge on any atom is 0.263 e. The van der Waals surface area contributed by atoms with Crippen molar-refractivity contribution in [1.82, 2.24) is 21.3 Å². The zero-order chi connectivity index (χ0) is 41.0. The number of carbonyl (C=O) groups is 6. The Hall–Kier alpha value is -0.640. The lowest BCUT2D eigenvalue weighted by atomic mass is 10.1. The van der Waals surface area contributed by atoms with Crippen molar-refractivity contribution in [2.24, 2.45) is 0 Å². The Balaban J connectivity index is 2.62. The number of rotatable bonds is 18. The van der Waals surface area contributed by atoms with Crippen LogP contribution in [0.25, 0.3) is 0 Å². The summed E-state index contributed by atoms with van der Waals surface area (Å²) in [5.74, 6) is -5.71. The number of anilines is 2. The van der Waals surface area contributed by atoms with E-state index in [1.807, 2.05) is 0 Å². The van der Waals surface area contributed by atoms with Crippen molar-refractivity contribution in [2.45, 2.75) is 18.3 Å². The topological polar surface area (TPSA) is 316 Å². The summed E-state index contributed by atoms with van der Waals surface area (Å²) in [5.41, 5.74) is -0.754. The zero-order valence-corrected chi connectivity index (χ0v) is 40.2. The molecule has 19 nitrogen and oxygen atoms in total. The van der Waals surface area contributed by atoms with Crippen LogP contribution >= 0.6 is 136 Å². The van der Waals surface area contributed by atoms with Gasteiger partial charge in [0.1, 0.15) is 0 Å². The van der Waals surface area contributed by atoms with Crippen LogP contribution in [0, 0.1) is 21.4 Å². The van der Waals surface area contributed by atoms with Gasteiger partial charge in [0, 0.05) is 33.3 Å². The van der Waals surface area contributed by atoms with Crippen LogP contribution in [-0.2, 0) is 9.59 Å². The molecule has 2 aromatic rings. The second-order valence-corrected chi connectivity index (χ2v) is 17.0. The predicted octanol–water partition coefficient (Wildman–Crippen LogP) is -1.14. The number of aliphatic hydroxyl groups is 7. The average Bonchev–Trinajstić information content (AvgIpc) is 3.13. The van der Waals surface area contributed by atoms with Crippen molar-refractivity contribution in [3.8, 4) is 0 Å². The number of halogens is 6. The van der Waals surface area contributed by atoms with E-state index >= 15 is 0 Å². The first-order valence-corrected chi connectivity index (χ1v) is 21.5. The standard InChI is InChI=1S/C29H32I6N6O13/c30-15-11(24(49)36-1-3-42)17(32)21(19(34)13(15)26(51)38-5-9(46)7-44)40-28(53)23(48)29(54)41-22-18(33)12(25(50)37-2-4-43)16(31)14(20(22)35)27(52)39-6-10(47)8-45/h9-10,23,42-48H,1-8H2,(H,36,49)(H,37,50)(H,38,51)(H,39,52)(H,40,53)(H,41,54). The Morgan fingerprint density at radius 2 is 0.741 bits per heavy atom. The summed E-state index contributed by atoms with van der Waals surface area (Å²) in [7, 11) is 0. The molecule has 0 aliphatic rings. The van der Waals surface area contributed by atoms with Crippen LogP contribution < -0.4 is 31.9 Å². The van der Waals surface area contributed by atoms with Crippen molar-refractivity contribution in [3.05, 3.63) is 43.7 Å². The number of amides is 6. The molecule has 298 valence electrons. The number of carbonyl (C=O) groups excluding carboxylic acids is 6. The van der Waals surface area contributed by atoms with Crippen LogP contribution in [0.1, 0.15) is 41.4 Å². The first-order chi connectivity index (χ1) is 25.4. The van der Waals surface area contributed by atoms with E-state index in [0.717, 1.165) is 0 Å². The lowest BCUT2D eigenvalue weighted by Gasteiger charge is -2.22. The van der Waals surface area contributed by atoms with Crippen molar-refractivity contribution in [1.29, 1.82) is 0 Å². The van der Waals surface area contributed by atoms with Gasteiger partial charge in [0.05, 0.1) is 86.5 Å². The van der Waals surface area contributed by atoms with E-state index in [4.69, 9.17) is 10.2 Å². The highest BCUT2D eigenvalue weighted by Crippen LogP contribution is 2.37. The van der Waals surface area contributed by atoms with Gasteiger partial charge in [-0.2, -0.15) is 0 Å². The SMILES string of the molecule is O=C(NCCO)c1c(I)c(NC(=O)C(O)C(=O)Nc2c(I)c(C(=O)NCCO)c(I)c(C(=O)NCC(O)CO)c2I)c(I)c(C(=O)NCC(O)CO)c1I. The van der Waals surface area contributed by atoms with E-state index in [-0.39, 0.29) is 81.2 Å². The highest BCUT2D eigenvalue weighted by molar-refractivity contribution is 14.1. The van der Waals surface area contributed by atoms with E-state index in [1.165, 1.54) is 0 Å². The zero-order valence-electron chi connectivity index (χ0n) is 27.2. The van der Waals surface area contributed by atoms with Gasteiger partial charge in [-0.25, -0.2) is 0 Å². The Kier molecular flexibility index (Phi) is 21.7.